The van der Waals surface area contributed by atoms with Gasteiger partial charge in [-0.05, 0) is 19.1 Å². The molecule has 0 N–H and O–H groups in total. The highest BCUT2D eigenvalue weighted by atomic mass is 16.9. The van der Waals surface area contributed by atoms with Gasteiger partial charge in [0.2, 0.25) is 0 Å². The first-order chi connectivity index (χ1) is 5.68. The SMILES string of the molecule is Cc1cccc(CO[N+](=O)[O-])n1. The molecule has 1 rings (SSSR count). The molecule has 0 aliphatic heterocycles. The molecule has 1 aromatic heterocycles. The van der Waals surface area contributed by atoms with E-state index in [1.165, 1.54) is 0 Å². The van der Waals surface area contributed by atoms with Gasteiger partial charge in [0, 0.05) is 5.69 Å². The zero-order valence-corrected chi connectivity index (χ0v) is 6.56. The van der Waals surface area contributed by atoms with Crippen LogP contribution in [0.3, 0.4) is 0 Å². The Bertz CT molecular complexity index is 288. The number of pyridine rings is 1. The van der Waals surface area contributed by atoms with Crippen LogP contribution in [-0.4, -0.2) is 10.1 Å². The Balaban J connectivity index is 2.57. The van der Waals surface area contributed by atoms with E-state index in [1.807, 2.05) is 13.0 Å². The average molecular weight is 168 g/mol. The molecule has 0 aliphatic carbocycles. The van der Waals surface area contributed by atoms with Gasteiger partial charge in [0.25, 0.3) is 5.09 Å². The van der Waals surface area contributed by atoms with Gasteiger partial charge in [0.05, 0.1) is 5.69 Å². The Kier molecular flexibility index (Phi) is 2.57. The predicted octanol–water partition coefficient (Wildman–Crippen LogP) is 1.10. The first kappa shape index (κ1) is 8.45. The number of rotatable bonds is 3. The fraction of sp³-hybridized carbons (Fsp3) is 0.286. The second-order valence-corrected chi connectivity index (χ2v) is 2.27. The summed E-state index contributed by atoms with van der Waals surface area (Å²) in [5.74, 6) is 0. The van der Waals surface area contributed by atoms with Gasteiger partial charge in [0.1, 0.15) is 6.61 Å². The Morgan fingerprint density at radius 3 is 3.00 bits per heavy atom. The number of hydrogen-bond acceptors (Lipinski definition) is 4. The van der Waals surface area contributed by atoms with Crippen LogP contribution in [-0.2, 0) is 11.4 Å². The molecular formula is C7H8N2O3. The summed E-state index contributed by atoms with van der Waals surface area (Å²) in [5.41, 5.74) is 1.38. The van der Waals surface area contributed by atoms with Crippen molar-refractivity contribution < 1.29 is 9.92 Å². The summed E-state index contributed by atoms with van der Waals surface area (Å²) in [5, 5.41) is 8.98. The lowest BCUT2D eigenvalue weighted by atomic mass is 10.3. The highest BCUT2D eigenvalue weighted by molar-refractivity contribution is 5.08. The first-order valence-electron chi connectivity index (χ1n) is 3.38. The van der Waals surface area contributed by atoms with Gasteiger partial charge in [-0.15, -0.1) is 10.1 Å². The Hall–Kier alpha value is -1.65. The van der Waals surface area contributed by atoms with Gasteiger partial charge < -0.3 is 4.84 Å². The van der Waals surface area contributed by atoms with E-state index in [4.69, 9.17) is 0 Å². The van der Waals surface area contributed by atoms with Gasteiger partial charge in [-0.2, -0.15) is 0 Å². The third-order valence-electron chi connectivity index (χ3n) is 1.26. The molecule has 0 unspecified atom stereocenters. The maximum absolute atomic E-state index is 9.81. The zero-order chi connectivity index (χ0) is 8.97. The fourth-order valence-electron chi connectivity index (χ4n) is 0.799. The van der Waals surface area contributed by atoms with E-state index in [-0.39, 0.29) is 6.61 Å². The third kappa shape index (κ3) is 2.53. The van der Waals surface area contributed by atoms with Crippen molar-refractivity contribution in [3.63, 3.8) is 0 Å². The molecule has 0 saturated heterocycles. The monoisotopic (exact) mass is 168 g/mol. The van der Waals surface area contributed by atoms with E-state index in [1.54, 1.807) is 12.1 Å². The van der Waals surface area contributed by atoms with Gasteiger partial charge >= 0.3 is 0 Å². The van der Waals surface area contributed by atoms with Crippen LogP contribution in [0.5, 0.6) is 0 Å². The van der Waals surface area contributed by atoms with Crippen LogP contribution in [0, 0.1) is 17.0 Å². The number of aryl methyl sites for hydroxylation is 1. The van der Waals surface area contributed by atoms with Crippen LogP contribution in [0.15, 0.2) is 18.2 Å². The Morgan fingerprint density at radius 1 is 1.67 bits per heavy atom. The molecular weight excluding hydrogens is 160 g/mol. The van der Waals surface area contributed by atoms with Gasteiger partial charge in [-0.1, -0.05) is 6.07 Å². The van der Waals surface area contributed by atoms with Crippen LogP contribution in [0.2, 0.25) is 0 Å². The van der Waals surface area contributed by atoms with Crippen molar-refractivity contribution in [3.05, 3.63) is 39.7 Å². The van der Waals surface area contributed by atoms with Crippen molar-refractivity contribution in [2.24, 2.45) is 0 Å². The summed E-state index contributed by atoms with van der Waals surface area (Å²) < 4.78 is 0. The smallest absolute Gasteiger partial charge is 0.294 e. The van der Waals surface area contributed by atoms with Crippen LogP contribution in [0.1, 0.15) is 11.4 Å². The number of nitrogens with zero attached hydrogens (tertiary/aromatic N) is 2. The van der Waals surface area contributed by atoms with Crippen molar-refractivity contribution in [3.8, 4) is 0 Å². The topological polar surface area (TPSA) is 65.3 Å². The maximum atomic E-state index is 9.81. The Morgan fingerprint density at radius 2 is 2.42 bits per heavy atom. The van der Waals surface area contributed by atoms with Crippen molar-refractivity contribution in [1.29, 1.82) is 0 Å². The summed E-state index contributed by atoms with van der Waals surface area (Å²) in [6.45, 7) is 1.73. The molecule has 12 heavy (non-hydrogen) atoms. The first-order valence-corrected chi connectivity index (χ1v) is 3.38. The largest absolute Gasteiger partial charge is 0.307 e. The minimum absolute atomic E-state index is 0.0886. The van der Waals surface area contributed by atoms with E-state index in [0.717, 1.165) is 5.69 Å². The van der Waals surface area contributed by atoms with Crippen molar-refractivity contribution in [2.75, 3.05) is 0 Å². The Labute approximate surface area is 69.1 Å². The molecule has 0 spiro atoms. The van der Waals surface area contributed by atoms with E-state index in [9.17, 15) is 10.1 Å². The molecule has 64 valence electrons. The predicted molar refractivity (Wildman–Crippen MR) is 40.8 cm³/mol. The summed E-state index contributed by atoms with van der Waals surface area (Å²) in [6.07, 6.45) is 0. The molecule has 0 aromatic carbocycles. The molecule has 1 aromatic rings. The lowest BCUT2D eigenvalue weighted by molar-refractivity contribution is -0.763. The second-order valence-electron chi connectivity index (χ2n) is 2.27. The van der Waals surface area contributed by atoms with Crippen LogP contribution in [0.25, 0.3) is 0 Å². The van der Waals surface area contributed by atoms with Gasteiger partial charge in [0.15, 0.2) is 0 Å². The maximum Gasteiger partial charge on any atom is 0.294 e. The van der Waals surface area contributed by atoms with E-state index >= 15 is 0 Å². The number of aromatic nitrogens is 1. The summed E-state index contributed by atoms with van der Waals surface area (Å²) in [7, 11) is 0. The second kappa shape index (κ2) is 3.66. The summed E-state index contributed by atoms with van der Waals surface area (Å²) in [6, 6.07) is 5.27. The molecule has 0 saturated carbocycles. The molecule has 5 heteroatoms. The quantitative estimate of drug-likeness (QED) is 0.500. The lowest BCUT2D eigenvalue weighted by Crippen LogP contribution is -2.02. The third-order valence-corrected chi connectivity index (χ3v) is 1.26. The van der Waals surface area contributed by atoms with E-state index in [0.29, 0.717) is 5.69 Å². The molecule has 0 bridgehead atoms. The van der Waals surface area contributed by atoms with Crippen LogP contribution >= 0.6 is 0 Å². The van der Waals surface area contributed by atoms with Crippen LogP contribution in [0.4, 0.5) is 0 Å². The highest BCUT2D eigenvalue weighted by Gasteiger charge is 1.98. The molecule has 1 heterocycles. The standard InChI is InChI=1S/C7H8N2O3/c1-6-3-2-4-7(8-6)5-12-9(10)11/h2-4H,5H2,1H3. The summed E-state index contributed by atoms with van der Waals surface area (Å²) >= 11 is 0. The number of hydrogen-bond donors (Lipinski definition) is 0. The van der Waals surface area contributed by atoms with Gasteiger partial charge in [-0.25, -0.2) is 0 Å². The van der Waals surface area contributed by atoms with E-state index < -0.39 is 5.09 Å². The van der Waals surface area contributed by atoms with Crippen molar-refractivity contribution in [2.45, 2.75) is 13.5 Å². The van der Waals surface area contributed by atoms with Crippen molar-refractivity contribution in [1.82, 2.24) is 4.98 Å². The van der Waals surface area contributed by atoms with E-state index in [2.05, 4.69) is 9.82 Å². The fourth-order valence-corrected chi connectivity index (χ4v) is 0.799. The van der Waals surface area contributed by atoms with Crippen molar-refractivity contribution >= 4 is 0 Å². The summed E-state index contributed by atoms with van der Waals surface area (Å²) in [4.78, 5) is 18.0. The van der Waals surface area contributed by atoms with Gasteiger partial charge in [-0.3, -0.25) is 4.98 Å². The van der Waals surface area contributed by atoms with Crippen LogP contribution < -0.4 is 0 Å². The minimum atomic E-state index is -0.829. The molecule has 0 fully saturated rings. The molecule has 0 atom stereocenters. The normalized spacial score (nSPS) is 9.42. The zero-order valence-electron chi connectivity index (χ0n) is 6.56. The molecule has 0 amide bonds. The minimum Gasteiger partial charge on any atom is -0.307 e. The molecule has 0 aliphatic rings. The molecule has 5 nitrogen and oxygen atoms in total. The average Bonchev–Trinajstić information content (AvgIpc) is 2.01. The highest BCUT2D eigenvalue weighted by Crippen LogP contribution is 1.99. The lowest BCUT2D eigenvalue weighted by Gasteiger charge is -1.98. The molecule has 0 radical (unpaired) electrons.